The number of benzene rings is 2. The Morgan fingerprint density at radius 1 is 1.02 bits per heavy atom. The zero-order valence-electron chi connectivity index (χ0n) is 24.1. The molecule has 1 aliphatic heterocycles. The Labute approximate surface area is 260 Å². The van der Waals surface area contributed by atoms with E-state index in [0.29, 0.717) is 32.0 Å². The van der Waals surface area contributed by atoms with Crippen molar-refractivity contribution in [1.82, 2.24) is 35.4 Å². The van der Waals surface area contributed by atoms with Crippen LogP contribution in [0.15, 0.2) is 42.5 Å². The maximum absolute atomic E-state index is 13.3. The Balaban J connectivity index is 0.00000280. The Morgan fingerprint density at radius 2 is 1.68 bits per heavy atom. The van der Waals surface area contributed by atoms with E-state index >= 15 is 0 Å². The van der Waals surface area contributed by atoms with Crippen molar-refractivity contribution in [3.63, 3.8) is 0 Å². The first-order valence-electron chi connectivity index (χ1n) is 13.0. The Kier molecular flexibility index (Phi) is 14.6. The number of H-pyrrole nitrogens is 1. The van der Waals surface area contributed by atoms with Gasteiger partial charge in [-0.3, -0.25) is 19.7 Å². The molecule has 0 unspecified atom stereocenters. The SMILES string of the molecule is Cc1nc(-c2ccc(C)c(NCC(=O)N(CCNC(C)C)CC(=O)N(C)N3Cc4ccccc4C3)c2)n[nH]1.Cl.Cl.Cl. The van der Waals surface area contributed by atoms with Crippen LogP contribution < -0.4 is 10.6 Å². The predicted molar refractivity (Wildman–Crippen MR) is 170 cm³/mol. The van der Waals surface area contributed by atoms with Gasteiger partial charge in [0.1, 0.15) is 12.4 Å². The summed E-state index contributed by atoms with van der Waals surface area (Å²) in [7, 11) is 1.78. The van der Waals surface area contributed by atoms with E-state index < -0.39 is 0 Å². The zero-order valence-corrected chi connectivity index (χ0v) is 26.6. The summed E-state index contributed by atoms with van der Waals surface area (Å²) in [6.07, 6.45) is 0. The van der Waals surface area contributed by atoms with Crippen LogP contribution in [0.3, 0.4) is 0 Å². The third kappa shape index (κ3) is 9.58. The van der Waals surface area contributed by atoms with E-state index in [2.05, 4.69) is 51.8 Å². The molecule has 10 nitrogen and oxygen atoms in total. The number of carbonyl (C=O) groups is 2. The Hall–Kier alpha value is -2.89. The van der Waals surface area contributed by atoms with Crippen molar-refractivity contribution in [3.8, 4) is 11.4 Å². The largest absolute Gasteiger partial charge is 0.376 e. The summed E-state index contributed by atoms with van der Waals surface area (Å²) in [5.74, 6) is 1.09. The monoisotopic (exact) mass is 626 g/mol. The zero-order chi connectivity index (χ0) is 27.2. The molecule has 1 aliphatic rings. The van der Waals surface area contributed by atoms with Gasteiger partial charge in [-0.25, -0.2) is 9.99 Å². The minimum atomic E-state index is -0.138. The molecule has 13 heteroatoms. The van der Waals surface area contributed by atoms with E-state index in [9.17, 15) is 9.59 Å². The number of aromatic nitrogens is 3. The van der Waals surface area contributed by atoms with Crippen LogP contribution in [-0.4, -0.2) is 81.2 Å². The van der Waals surface area contributed by atoms with Crippen molar-refractivity contribution in [3.05, 3.63) is 65.0 Å². The number of carbonyl (C=O) groups excluding carboxylic acids is 2. The molecule has 0 aliphatic carbocycles. The van der Waals surface area contributed by atoms with E-state index in [1.807, 2.05) is 49.2 Å². The number of rotatable bonds is 11. The van der Waals surface area contributed by atoms with Crippen molar-refractivity contribution in [1.29, 1.82) is 0 Å². The highest BCUT2D eigenvalue weighted by molar-refractivity contribution is 5.87. The number of amides is 2. The molecule has 0 atom stereocenters. The van der Waals surface area contributed by atoms with Gasteiger partial charge < -0.3 is 15.5 Å². The molecule has 2 aromatic carbocycles. The first-order chi connectivity index (χ1) is 18.2. The summed E-state index contributed by atoms with van der Waals surface area (Å²) in [5, 5.41) is 17.4. The van der Waals surface area contributed by atoms with E-state index in [4.69, 9.17) is 0 Å². The Bertz CT molecular complexity index is 1260. The second-order valence-corrected chi connectivity index (χ2v) is 10.1. The fourth-order valence-electron chi connectivity index (χ4n) is 4.44. The Morgan fingerprint density at radius 3 is 2.27 bits per heavy atom. The van der Waals surface area contributed by atoms with Crippen LogP contribution in [0.2, 0.25) is 0 Å². The van der Waals surface area contributed by atoms with Crippen LogP contribution in [0, 0.1) is 13.8 Å². The third-order valence-corrected chi connectivity index (χ3v) is 6.75. The van der Waals surface area contributed by atoms with Gasteiger partial charge in [0.25, 0.3) is 5.91 Å². The summed E-state index contributed by atoms with van der Waals surface area (Å²) in [6, 6.07) is 14.4. The minimum absolute atomic E-state index is 0. The average molecular weight is 628 g/mol. The molecule has 2 amide bonds. The summed E-state index contributed by atoms with van der Waals surface area (Å²) in [6.45, 7) is 10.5. The molecule has 3 aromatic rings. The topological polar surface area (TPSA) is 109 Å². The van der Waals surface area contributed by atoms with Gasteiger partial charge in [0.05, 0.1) is 6.54 Å². The van der Waals surface area contributed by atoms with Gasteiger partial charge in [0.2, 0.25) is 5.91 Å². The first kappa shape index (κ1) is 36.1. The molecule has 4 rings (SSSR count). The summed E-state index contributed by atoms with van der Waals surface area (Å²) in [5.41, 5.74) is 5.14. The second-order valence-electron chi connectivity index (χ2n) is 10.1. The number of aromatic amines is 1. The molecular weight excluding hydrogens is 587 g/mol. The van der Waals surface area contributed by atoms with Crippen molar-refractivity contribution in [2.75, 3.05) is 38.5 Å². The standard InChI is InChI=1S/C28H38N8O2.3ClH/c1-19(2)29-12-13-35(18-27(38)34(5)36-16-23-8-6-7-9-24(23)17-36)26(37)15-30-25-14-22(11-10-20(25)3)28-31-21(4)32-33-28;;;/h6-11,14,19,29-30H,12-13,15-18H2,1-5H3,(H,31,32,33);3*1H. The number of nitrogens with one attached hydrogen (secondary N) is 3. The van der Waals surface area contributed by atoms with Gasteiger partial charge in [0.15, 0.2) is 5.82 Å². The number of halogens is 3. The number of hydrogen-bond donors (Lipinski definition) is 3. The number of likely N-dealkylation sites (N-methyl/N-ethyl adjacent to an activating group) is 1. The smallest absolute Gasteiger partial charge is 0.256 e. The lowest BCUT2D eigenvalue weighted by molar-refractivity contribution is -0.151. The number of aryl methyl sites for hydroxylation is 2. The molecule has 0 saturated carbocycles. The van der Waals surface area contributed by atoms with E-state index in [0.717, 1.165) is 22.6 Å². The van der Waals surface area contributed by atoms with Crippen molar-refractivity contribution in [2.24, 2.45) is 0 Å². The normalized spacial score (nSPS) is 12.0. The molecule has 41 heavy (non-hydrogen) atoms. The summed E-state index contributed by atoms with van der Waals surface area (Å²) in [4.78, 5) is 32.6. The lowest BCUT2D eigenvalue weighted by Crippen LogP contribution is -2.49. The van der Waals surface area contributed by atoms with Crippen molar-refractivity contribution < 1.29 is 9.59 Å². The first-order valence-corrected chi connectivity index (χ1v) is 13.0. The number of fused-ring (bicyclic) bond motifs is 1. The van der Waals surface area contributed by atoms with Crippen LogP contribution >= 0.6 is 37.2 Å². The highest BCUT2D eigenvalue weighted by Crippen LogP contribution is 2.24. The second kappa shape index (κ2) is 16.5. The third-order valence-electron chi connectivity index (χ3n) is 6.75. The van der Waals surface area contributed by atoms with Crippen LogP contribution in [0.5, 0.6) is 0 Å². The van der Waals surface area contributed by atoms with Crippen LogP contribution in [-0.2, 0) is 22.7 Å². The van der Waals surface area contributed by atoms with Gasteiger partial charge in [-0.05, 0) is 36.6 Å². The van der Waals surface area contributed by atoms with Gasteiger partial charge in [-0.2, -0.15) is 5.10 Å². The molecule has 0 bridgehead atoms. The maximum atomic E-state index is 13.3. The van der Waals surface area contributed by atoms with Crippen molar-refractivity contribution in [2.45, 2.75) is 46.8 Å². The fourth-order valence-corrected chi connectivity index (χ4v) is 4.44. The molecule has 0 fully saturated rings. The molecule has 0 radical (unpaired) electrons. The number of hydrogen-bond acceptors (Lipinski definition) is 7. The van der Waals surface area contributed by atoms with Gasteiger partial charge in [0, 0.05) is 50.5 Å². The van der Waals surface area contributed by atoms with Gasteiger partial charge in [-0.1, -0.05) is 50.2 Å². The highest BCUT2D eigenvalue weighted by atomic mass is 35.5. The maximum Gasteiger partial charge on any atom is 0.256 e. The highest BCUT2D eigenvalue weighted by Gasteiger charge is 2.27. The molecule has 226 valence electrons. The lowest BCUT2D eigenvalue weighted by Gasteiger charge is -2.31. The van der Waals surface area contributed by atoms with E-state index in [-0.39, 0.29) is 68.2 Å². The molecule has 0 saturated heterocycles. The van der Waals surface area contributed by atoms with Crippen molar-refractivity contribution >= 4 is 54.7 Å². The fraction of sp³-hybridized carbons (Fsp3) is 0.429. The number of hydrazine groups is 1. The van der Waals surface area contributed by atoms with Gasteiger partial charge in [-0.15, -0.1) is 37.2 Å². The number of anilines is 1. The van der Waals surface area contributed by atoms with Crippen LogP contribution in [0.25, 0.3) is 11.4 Å². The average Bonchev–Trinajstić information content (AvgIpc) is 3.53. The quantitative estimate of drug-likeness (QED) is 0.295. The number of nitrogens with zero attached hydrogens (tertiary/aromatic N) is 5. The van der Waals surface area contributed by atoms with E-state index in [1.54, 1.807) is 17.0 Å². The summed E-state index contributed by atoms with van der Waals surface area (Å²) < 4.78 is 0. The molecule has 1 aromatic heterocycles. The van der Waals surface area contributed by atoms with Crippen LogP contribution in [0.1, 0.15) is 36.4 Å². The minimum Gasteiger partial charge on any atom is -0.376 e. The molecule has 2 heterocycles. The molecular formula is C28H41Cl3N8O2. The molecule has 3 N–H and O–H groups in total. The van der Waals surface area contributed by atoms with E-state index in [1.165, 1.54) is 11.1 Å². The van der Waals surface area contributed by atoms with Gasteiger partial charge >= 0.3 is 0 Å². The summed E-state index contributed by atoms with van der Waals surface area (Å²) >= 11 is 0. The predicted octanol–water partition coefficient (Wildman–Crippen LogP) is 3.98. The lowest BCUT2D eigenvalue weighted by atomic mass is 10.1. The van der Waals surface area contributed by atoms with Crippen LogP contribution in [0.4, 0.5) is 5.69 Å². The molecule has 0 spiro atoms.